The van der Waals surface area contributed by atoms with Crippen LogP contribution in [0.15, 0.2) is 0 Å². The Morgan fingerprint density at radius 1 is 1.42 bits per heavy atom. The van der Waals surface area contributed by atoms with Crippen LogP contribution in [-0.4, -0.2) is 21.0 Å². The number of carbonyl (C=O) groups excluding carboxylic acids is 1. The topological polar surface area (TPSA) is 38.3 Å². The summed E-state index contributed by atoms with van der Waals surface area (Å²) < 4.78 is 5.18. The lowest BCUT2D eigenvalue weighted by molar-refractivity contribution is 0.197. The molecule has 0 unspecified atom stereocenters. The van der Waals surface area contributed by atoms with Gasteiger partial charge in [-0.3, -0.25) is 0 Å². The molecule has 0 bridgehead atoms. The summed E-state index contributed by atoms with van der Waals surface area (Å²) in [5.74, 6) is 0.471. The maximum absolute atomic E-state index is 11.1. The standard InChI is InChI=1S/C8H19NO2Si/c1-7(2)6-9-8(10)11-12(3,4)5/h7H,6H2,1-5H3,(H,9,10). The molecule has 0 aromatic heterocycles. The second-order valence-electron chi connectivity index (χ2n) is 4.28. The molecule has 0 atom stereocenters. The minimum Gasteiger partial charge on any atom is -0.504 e. The zero-order chi connectivity index (χ0) is 9.78. The second kappa shape index (κ2) is 4.50. The van der Waals surface area contributed by atoms with Gasteiger partial charge in [0.2, 0.25) is 8.32 Å². The summed E-state index contributed by atoms with van der Waals surface area (Å²) in [5, 5.41) is 2.71. The summed E-state index contributed by atoms with van der Waals surface area (Å²) in [4.78, 5) is 11.1. The van der Waals surface area contributed by atoms with Gasteiger partial charge in [0, 0.05) is 6.54 Å². The number of nitrogens with one attached hydrogen (secondary N) is 1. The van der Waals surface area contributed by atoms with E-state index >= 15 is 0 Å². The predicted molar refractivity (Wildman–Crippen MR) is 52.7 cm³/mol. The Morgan fingerprint density at radius 2 is 1.92 bits per heavy atom. The largest absolute Gasteiger partial charge is 0.504 e. The van der Waals surface area contributed by atoms with Gasteiger partial charge in [-0.2, -0.15) is 0 Å². The molecule has 0 fully saturated rings. The molecule has 0 aromatic carbocycles. The van der Waals surface area contributed by atoms with Gasteiger partial charge in [0.25, 0.3) is 0 Å². The van der Waals surface area contributed by atoms with Crippen molar-refractivity contribution in [3.05, 3.63) is 0 Å². The van der Waals surface area contributed by atoms with Gasteiger partial charge in [-0.25, -0.2) is 4.79 Å². The Kier molecular flexibility index (Phi) is 4.30. The molecule has 1 N–H and O–H groups in total. The molecule has 0 saturated carbocycles. The smallest absolute Gasteiger partial charge is 0.393 e. The van der Waals surface area contributed by atoms with E-state index in [1.807, 2.05) is 19.6 Å². The Bertz CT molecular complexity index is 152. The van der Waals surface area contributed by atoms with Gasteiger partial charge in [0.05, 0.1) is 0 Å². The fourth-order valence-corrected chi connectivity index (χ4v) is 1.23. The van der Waals surface area contributed by atoms with Crippen LogP contribution in [0, 0.1) is 5.92 Å². The van der Waals surface area contributed by atoms with Gasteiger partial charge < -0.3 is 9.74 Å². The van der Waals surface area contributed by atoms with Crippen LogP contribution in [0.1, 0.15) is 13.8 Å². The lowest BCUT2D eigenvalue weighted by Gasteiger charge is -2.18. The fourth-order valence-electron chi connectivity index (χ4n) is 0.602. The highest BCUT2D eigenvalue weighted by molar-refractivity contribution is 6.71. The van der Waals surface area contributed by atoms with Crippen LogP contribution < -0.4 is 5.32 Å². The lowest BCUT2D eigenvalue weighted by Crippen LogP contribution is -2.37. The van der Waals surface area contributed by atoms with Crippen molar-refractivity contribution in [2.24, 2.45) is 5.92 Å². The zero-order valence-corrected chi connectivity index (χ0v) is 9.60. The molecule has 0 spiro atoms. The van der Waals surface area contributed by atoms with Crippen LogP contribution in [0.4, 0.5) is 4.79 Å². The average molecular weight is 189 g/mol. The van der Waals surface area contributed by atoms with Crippen LogP contribution in [0.5, 0.6) is 0 Å². The average Bonchev–Trinajstić information content (AvgIpc) is 1.79. The van der Waals surface area contributed by atoms with Crippen LogP contribution in [0.25, 0.3) is 0 Å². The van der Waals surface area contributed by atoms with E-state index in [0.717, 1.165) is 0 Å². The predicted octanol–water partition coefficient (Wildman–Crippen LogP) is 2.20. The van der Waals surface area contributed by atoms with Gasteiger partial charge in [0.15, 0.2) is 0 Å². The Balaban J connectivity index is 3.61. The third kappa shape index (κ3) is 7.59. The minimum atomic E-state index is -1.70. The summed E-state index contributed by atoms with van der Waals surface area (Å²) in [7, 11) is -1.70. The normalized spacial score (nSPS) is 11.5. The molecule has 4 heteroatoms. The Morgan fingerprint density at radius 3 is 2.25 bits per heavy atom. The van der Waals surface area contributed by atoms with Crippen molar-refractivity contribution >= 4 is 14.4 Å². The molecule has 0 aliphatic rings. The minimum absolute atomic E-state index is 0.275. The van der Waals surface area contributed by atoms with Crippen LogP contribution >= 0.6 is 0 Å². The molecular formula is C8H19NO2Si. The molecule has 0 rings (SSSR count). The monoisotopic (exact) mass is 189 g/mol. The van der Waals surface area contributed by atoms with Crippen LogP contribution in [-0.2, 0) is 4.43 Å². The molecule has 0 radical (unpaired) electrons. The summed E-state index contributed by atoms with van der Waals surface area (Å²) >= 11 is 0. The number of hydrogen-bond acceptors (Lipinski definition) is 2. The summed E-state index contributed by atoms with van der Waals surface area (Å²) in [6.07, 6.45) is -0.275. The first-order valence-corrected chi connectivity index (χ1v) is 7.69. The van der Waals surface area contributed by atoms with E-state index in [1.165, 1.54) is 0 Å². The van der Waals surface area contributed by atoms with Crippen molar-refractivity contribution in [2.75, 3.05) is 6.54 Å². The number of rotatable bonds is 3. The van der Waals surface area contributed by atoms with Crippen LogP contribution in [0.2, 0.25) is 19.6 Å². The molecule has 0 aromatic rings. The van der Waals surface area contributed by atoms with E-state index in [9.17, 15) is 4.79 Å². The third-order valence-electron chi connectivity index (χ3n) is 1.05. The molecule has 0 aliphatic heterocycles. The Labute approximate surface area is 75.6 Å². The Hall–Kier alpha value is -0.513. The van der Waals surface area contributed by atoms with Gasteiger partial charge in [-0.05, 0) is 25.6 Å². The molecule has 1 amide bonds. The quantitative estimate of drug-likeness (QED) is 0.691. The molecular weight excluding hydrogens is 170 g/mol. The highest BCUT2D eigenvalue weighted by Crippen LogP contribution is 2.02. The first kappa shape index (κ1) is 11.5. The van der Waals surface area contributed by atoms with E-state index in [-0.39, 0.29) is 6.09 Å². The highest BCUT2D eigenvalue weighted by Gasteiger charge is 2.19. The SMILES string of the molecule is CC(C)CNC(=O)O[Si](C)(C)C. The van der Waals surface area contributed by atoms with Crippen molar-refractivity contribution in [1.29, 1.82) is 0 Å². The molecule has 12 heavy (non-hydrogen) atoms. The van der Waals surface area contributed by atoms with E-state index in [4.69, 9.17) is 4.43 Å². The van der Waals surface area contributed by atoms with Crippen molar-refractivity contribution in [3.8, 4) is 0 Å². The van der Waals surface area contributed by atoms with Crippen molar-refractivity contribution in [2.45, 2.75) is 33.5 Å². The molecule has 0 heterocycles. The van der Waals surface area contributed by atoms with E-state index in [1.54, 1.807) is 0 Å². The fraction of sp³-hybridized carbons (Fsp3) is 0.875. The molecule has 0 aliphatic carbocycles. The lowest BCUT2D eigenvalue weighted by atomic mass is 10.2. The maximum atomic E-state index is 11.1. The van der Waals surface area contributed by atoms with E-state index in [2.05, 4.69) is 19.2 Å². The summed E-state index contributed by atoms with van der Waals surface area (Å²) in [6.45, 7) is 10.7. The van der Waals surface area contributed by atoms with Crippen molar-refractivity contribution in [1.82, 2.24) is 5.32 Å². The first-order chi connectivity index (χ1) is 5.31. The summed E-state index contributed by atoms with van der Waals surface area (Å²) in [6, 6.07) is 0. The van der Waals surface area contributed by atoms with Crippen molar-refractivity contribution < 1.29 is 9.22 Å². The molecule has 3 nitrogen and oxygen atoms in total. The third-order valence-corrected chi connectivity index (χ3v) is 1.85. The second-order valence-corrected chi connectivity index (χ2v) is 8.71. The van der Waals surface area contributed by atoms with Gasteiger partial charge in [0.1, 0.15) is 0 Å². The van der Waals surface area contributed by atoms with E-state index < -0.39 is 8.32 Å². The van der Waals surface area contributed by atoms with Crippen molar-refractivity contribution in [3.63, 3.8) is 0 Å². The van der Waals surface area contributed by atoms with E-state index in [0.29, 0.717) is 12.5 Å². The van der Waals surface area contributed by atoms with Gasteiger partial charge >= 0.3 is 6.09 Å². The zero-order valence-electron chi connectivity index (χ0n) is 8.60. The number of amides is 1. The van der Waals surface area contributed by atoms with Gasteiger partial charge in [-0.1, -0.05) is 13.8 Å². The molecule has 72 valence electrons. The maximum Gasteiger partial charge on any atom is 0.393 e. The summed E-state index contributed by atoms with van der Waals surface area (Å²) in [5.41, 5.74) is 0. The van der Waals surface area contributed by atoms with Gasteiger partial charge in [-0.15, -0.1) is 0 Å². The number of hydrogen-bond donors (Lipinski definition) is 1. The first-order valence-electron chi connectivity index (χ1n) is 4.28. The highest BCUT2D eigenvalue weighted by atomic mass is 28.4. The number of carbonyl (C=O) groups is 1. The van der Waals surface area contributed by atoms with Crippen LogP contribution in [0.3, 0.4) is 0 Å². The molecule has 0 saturated heterocycles.